The molecule has 2 atom stereocenters. The van der Waals surface area contributed by atoms with Crippen LogP contribution in [0.5, 0.6) is 0 Å². The third kappa shape index (κ3) is 3.36. The molecule has 3 nitrogen and oxygen atoms in total. The summed E-state index contributed by atoms with van der Waals surface area (Å²) >= 11 is 6.01. The second kappa shape index (κ2) is 7.16. The highest BCUT2D eigenvalue weighted by Gasteiger charge is 2.34. The van der Waals surface area contributed by atoms with Crippen LogP contribution in [0.25, 0.3) is 5.69 Å². The fourth-order valence-electron chi connectivity index (χ4n) is 4.04. The molecule has 1 aromatic carbocycles. The van der Waals surface area contributed by atoms with Gasteiger partial charge in [-0.1, -0.05) is 42.5 Å². The first-order valence-electron chi connectivity index (χ1n) is 8.85. The highest BCUT2D eigenvalue weighted by molar-refractivity contribution is 6.30. The second-order valence-corrected chi connectivity index (χ2v) is 7.66. The number of allylic oxidation sites excluding steroid dienone is 3. The van der Waals surface area contributed by atoms with Crippen LogP contribution in [0.4, 0.5) is 0 Å². The Morgan fingerprint density at radius 1 is 1.31 bits per heavy atom. The number of rotatable bonds is 5. The molecule has 0 aliphatic heterocycles. The minimum Gasteiger partial charge on any atom is -0.392 e. The first kappa shape index (κ1) is 18.5. The van der Waals surface area contributed by atoms with Gasteiger partial charge in [-0.15, -0.1) is 0 Å². The van der Waals surface area contributed by atoms with Crippen molar-refractivity contribution in [3.63, 3.8) is 0 Å². The van der Waals surface area contributed by atoms with Gasteiger partial charge in [0.05, 0.1) is 16.9 Å². The SMILES string of the molecule is C=C(CC1CC(=C)C(c2c(C)cc(-n3cc(Cl)cn3)cc2C)C1=C)NC. The predicted octanol–water partition coefficient (Wildman–Crippen LogP) is 5.48. The number of hydrogen-bond donors (Lipinski definition) is 1. The summed E-state index contributed by atoms with van der Waals surface area (Å²) in [5, 5.41) is 8.09. The van der Waals surface area contributed by atoms with Gasteiger partial charge in [0.2, 0.25) is 0 Å². The van der Waals surface area contributed by atoms with Gasteiger partial charge in [0.25, 0.3) is 0 Å². The summed E-state index contributed by atoms with van der Waals surface area (Å²) in [4.78, 5) is 0. The van der Waals surface area contributed by atoms with E-state index in [0.29, 0.717) is 10.9 Å². The molecule has 0 bridgehead atoms. The molecule has 26 heavy (non-hydrogen) atoms. The molecule has 2 aromatic rings. The van der Waals surface area contributed by atoms with Crippen molar-refractivity contribution in [2.45, 2.75) is 32.6 Å². The van der Waals surface area contributed by atoms with Crippen LogP contribution in [0.15, 0.2) is 61.1 Å². The molecule has 1 aromatic heterocycles. The van der Waals surface area contributed by atoms with E-state index in [0.717, 1.165) is 24.2 Å². The van der Waals surface area contributed by atoms with Crippen LogP contribution in [0, 0.1) is 19.8 Å². The molecule has 0 spiro atoms. The van der Waals surface area contributed by atoms with E-state index in [-0.39, 0.29) is 5.92 Å². The third-order valence-corrected chi connectivity index (χ3v) is 5.54. The van der Waals surface area contributed by atoms with Crippen molar-refractivity contribution in [2.24, 2.45) is 5.92 Å². The van der Waals surface area contributed by atoms with Crippen molar-refractivity contribution >= 4 is 11.6 Å². The molecule has 136 valence electrons. The zero-order chi connectivity index (χ0) is 19.0. The van der Waals surface area contributed by atoms with E-state index in [4.69, 9.17) is 11.6 Å². The third-order valence-electron chi connectivity index (χ3n) is 5.34. The van der Waals surface area contributed by atoms with Gasteiger partial charge >= 0.3 is 0 Å². The summed E-state index contributed by atoms with van der Waals surface area (Å²) in [6.07, 6.45) is 5.36. The lowest BCUT2D eigenvalue weighted by molar-refractivity contribution is 0.625. The summed E-state index contributed by atoms with van der Waals surface area (Å²) in [5.74, 6) is 0.607. The highest BCUT2D eigenvalue weighted by atomic mass is 35.5. The van der Waals surface area contributed by atoms with Gasteiger partial charge in [-0.05, 0) is 61.4 Å². The zero-order valence-electron chi connectivity index (χ0n) is 15.8. The molecule has 0 radical (unpaired) electrons. The quantitative estimate of drug-likeness (QED) is 0.709. The van der Waals surface area contributed by atoms with Crippen LogP contribution in [-0.2, 0) is 0 Å². The Labute approximate surface area is 161 Å². The molecular formula is C22H26ClN3. The number of nitrogens with one attached hydrogen (secondary N) is 1. The largest absolute Gasteiger partial charge is 0.392 e. The first-order chi connectivity index (χ1) is 12.3. The lowest BCUT2D eigenvalue weighted by Gasteiger charge is -2.22. The monoisotopic (exact) mass is 367 g/mol. The summed E-state index contributed by atoms with van der Waals surface area (Å²) in [6, 6.07) is 4.32. The Hall–Kier alpha value is -2.26. The molecule has 1 heterocycles. The lowest BCUT2D eigenvalue weighted by atomic mass is 9.84. The van der Waals surface area contributed by atoms with Crippen molar-refractivity contribution < 1.29 is 0 Å². The fraction of sp³-hybridized carbons (Fsp3) is 0.318. The molecule has 1 aliphatic rings. The standard InChI is InChI=1S/C22H26ClN3/c1-13-7-18(10-16(4)24-6)17(5)22(13)21-14(2)8-20(9-15(21)3)26-12-19(23)11-25-26/h8-9,11-12,18,22,24H,1,4-5,7,10H2,2-3,6H3. The Kier molecular flexibility index (Phi) is 5.10. The number of hydrogen-bond acceptors (Lipinski definition) is 2. The van der Waals surface area contributed by atoms with Gasteiger partial charge in [0, 0.05) is 24.9 Å². The van der Waals surface area contributed by atoms with Gasteiger partial charge in [-0.3, -0.25) is 0 Å². The fourth-order valence-corrected chi connectivity index (χ4v) is 4.17. The Morgan fingerprint density at radius 3 is 2.50 bits per heavy atom. The number of benzene rings is 1. The van der Waals surface area contributed by atoms with Crippen molar-refractivity contribution in [3.05, 3.63) is 82.8 Å². The molecule has 2 unspecified atom stereocenters. The lowest BCUT2D eigenvalue weighted by Crippen LogP contribution is -2.11. The van der Waals surface area contributed by atoms with Crippen molar-refractivity contribution in [1.82, 2.24) is 15.1 Å². The second-order valence-electron chi connectivity index (χ2n) is 7.22. The van der Waals surface area contributed by atoms with Gasteiger partial charge in [0.15, 0.2) is 0 Å². The van der Waals surface area contributed by atoms with Gasteiger partial charge in [-0.25, -0.2) is 4.68 Å². The Balaban J connectivity index is 1.95. The average molecular weight is 368 g/mol. The van der Waals surface area contributed by atoms with Crippen molar-refractivity contribution in [3.8, 4) is 5.69 Å². The molecule has 0 saturated heterocycles. The number of aryl methyl sites for hydroxylation is 2. The summed E-state index contributed by atoms with van der Waals surface area (Å²) in [5.41, 5.74) is 8.32. The predicted molar refractivity (Wildman–Crippen MR) is 110 cm³/mol. The maximum atomic E-state index is 6.01. The number of aromatic nitrogens is 2. The number of nitrogens with zero attached hydrogens (tertiary/aromatic N) is 2. The molecule has 1 fully saturated rings. The van der Waals surface area contributed by atoms with E-state index >= 15 is 0 Å². The molecule has 1 saturated carbocycles. The van der Waals surface area contributed by atoms with Crippen molar-refractivity contribution in [2.75, 3.05) is 7.05 Å². The van der Waals surface area contributed by atoms with Crippen LogP contribution in [0.1, 0.15) is 35.4 Å². The Bertz CT molecular complexity index is 868. The van der Waals surface area contributed by atoms with E-state index in [1.165, 1.54) is 27.8 Å². The maximum Gasteiger partial charge on any atom is 0.0790 e. The molecule has 1 N–H and O–H groups in total. The maximum absolute atomic E-state index is 6.01. The number of halogens is 1. The summed E-state index contributed by atoms with van der Waals surface area (Å²) in [6.45, 7) is 17.2. The van der Waals surface area contributed by atoms with E-state index in [1.807, 2.05) is 17.9 Å². The van der Waals surface area contributed by atoms with Crippen LogP contribution in [0.3, 0.4) is 0 Å². The van der Waals surface area contributed by atoms with Crippen LogP contribution in [0.2, 0.25) is 5.02 Å². The Morgan fingerprint density at radius 2 is 1.96 bits per heavy atom. The normalized spacial score (nSPS) is 19.8. The minimum absolute atomic E-state index is 0.208. The smallest absolute Gasteiger partial charge is 0.0790 e. The molecule has 4 heteroatoms. The zero-order valence-corrected chi connectivity index (χ0v) is 16.5. The van der Waals surface area contributed by atoms with Gasteiger partial charge in [0.1, 0.15) is 0 Å². The van der Waals surface area contributed by atoms with E-state index < -0.39 is 0 Å². The minimum atomic E-state index is 0.208. The van der Waals surface area contributed by atoms with Gasteiger partial charge in [-0.2, -0.15) is 5.10 Å². The van der Waals surface area contributed by atoms with E-state index in [2.05, 4.69) is 56.1 Å². The highest BCUT2D eigenvalue weighted by Crippen LogP contribution is 2.49. The first-order valence-corrected chi connectivity index (χ1v) is 9.23. The van der Waals surface area contributed by atoms with E-state index in [1.54, 1.807) is 6.20 Å². The molecule has 1 aliphatic carbocycles. The van der Waals surface area contributed by atoms with E-state index in [9.17, 15) is 0 Å². The summed E-state index contributed by atoms with van der Waals surface area (Å²) < 4.78 is 1.81. The van der Waals surface area contributed by atoms with Crippen LogP contribution < -0.4 is 5.32 Å². The topological polar surface area (TPSA) is 29.9 Å². The molecule has 0 amide bonds. The van der Waals surface area contributed by atoms with Gasteiger partial charge < -0.3 is 5.32 Å². The molecular weight excluding hydrogens is 342 g/mol. The van der Waals surface area contributed by atoms with Crippen molar-refractivity contribution in [1.29, 1.82) is 0 Å². The average Bonchev–Trinajstić information content (AvgIpc) is 3.12. The molecule has 3 rings (SSSR count). The van der Waals surface area contributed by atoms with Crippen LogP contribution >= 0.6 is 11.6 Å². The summed E-state index contributed by atoms with van der Waals surface area (Å²) in [7, 11) is 1.92. The van der Waals surface area contributed by atoms with Crippen LogP contribution in [-0.4, -0.2) is 16.8 Å².